The van der Waals surface area contributed by atoms with Crippen molar-refractivity contribution >= 4 is 52.2 Å². The largest absolute Gasteiger partial charge is 0.494 e. The highest BCUT2D eigenvalue weighted by molar-refractivity contribution is 7.13. The summed E-state index contributed by atoms with van der Waals surface area (Å²) in [5, 5.41) is 22.5. The van der Waals surface area contributed by atoms with E-state index in [1.54, 1.807) is 61.9 Å². The molecule has 0 aliphatic carbocycles. The van der Waals surface area contributed by atoms with Gasteiger partial charge in [-0.05, 0) is 86.2 Å². The third-order valence-electron chi connectivity index (χ3n) is 11.7. The number of Topliss-reactive ketones (excluding diaryl/α,β-unsaturated/α-hetero) is 1. The average molecular weight is 961 g/mol. The van der Waals surface area contributed by atoms with Gasteiger partial charge in [-0.1, -0.05) is 45.0 Å². The lowest BCUT2D eigenvalue weighted by Gasteiger charge is -2.35. The van der Waals surface area contributed by atoms with Crippen molar-refractivity contribution in [1.82, 2.24) is 15.2 Å². The second-order valence-corrected chi connectivity index (χ2v) is 19.1. The number of aromatic nitrogens is 1. The number of nitriles is 1. The number of β-amino-alcohol motifs (C(OH)–C–C–N with tert-alkyl or cyclic N) is 1. The number of rotatable bonds is 19. The van der Waals surface area contributed by atoms with Crippen molar-refractivity contribution < 1.29 is 56.5 Å². The number of halogens is 3. The zero-order valence-electron chi connectivity index (χ0n) is 38.7. The number of nitrogens with one attached hydrogen (secondary N) is 1. The van der Waals surface area contributed by atoms with Crippen LogP contribution < -0.4 is 19.9 Å². The Bertz CT molecular complexity index is 2520. The van der Waals surface area contributed by atoms with Gasteiger partial charge >= 0.3 is 12.2 Å². The van der Waals surface area contributed by atoms with Crippen LogP contribution in [-0.2, 0) is 41.2 Å². The molecule has 2 N–H and O–H groups in total. The van der Waals surface area contributed by atoms with Gasteiger partial charge in [-0.2, -0.15) is 18.4 Å². The minimum atomic E-state index is -4.88. The molecular formula is C49H55F3N6O9S. The van der Waals surface area contributed by atoms with Crippen LogP contribution in [0.2, 0.25) is 0 Å². The summed E-state index contributed by atoms with van der Waals surface area (Å²) in [5.41, 5.74) is 0.728. The highest BCUT2D eigenvalue weighted by atomic mass is 32.1. The van der Waals surface area contributed by atoms with Gasteiger partial charge in [0.15, 0.2) is 5.78 Å². The van der Waals surface area contributed by atoms with Crippen LogP contribution in [0.15, 0.2) is 72.2 Å². The smallest absolute Gasteiger partial charge is 0.417 e. The molecule has 362 valence electrons. The lowest BCUT2D eigenvalue weighted by molar-refractivity contribution is -0.144. The van der Waals surface area contributed by atoms with Crippen LogP contribution in [0.5, 0.6) is 5.75 Å². The van der Waals surface area contributed by atoms with Gasteiger partial charge in [-0.15, -0.1) is 11.3 Å². The molecule has 2 aliphatic rings. The lowest BCUT2D eigenvalue weighted by atomic mass is 9.85. The first-order valence-corrected chi connectivity index (χ1v) is 23.0. The van der Waals surface area contributed by atoms with Gasteiger partial charge in [-0.25, -0.2) is 14.7 Å². The van der Waals surface area contributed by atoms with Crippen LogP contribution in [0.1, 0.15) is 76.3 Å². The van der Waals surface area contributed by atoms with Gasteiger partial charge in [0.1, 0.15) is 23.9 Å². The maximum absolute atomic E-state index is 14.0. The number of amides is 5. The zero-order valence-corrected chi connectivity index (χ0v) is 39.5. The van der Waals surface area contributed by atoms with Crippen molar-refractivity contribution in [3.8, 4) is 22.3 Å². The number of ketones is 1. The number of nitrogens with zero attached hydrogens (tertiary/aromatic N) is 5. The first kappa shape index (κ1) is 51.2. The number of thiazole rings is 1. The van der Waals surface area contributed by atoms with Crippen molar-refractivity contribution in [2.24, 2.45) is 5.41 Å². The summed E-state index contributed by atoms with van der Waals surface area (Å²) in [6.07, 6.45) is -4.48. The molecule has 0 spiro atoms. The standard InChI is InChI=1S/C49H55F3N6O9S/c1-30-42(68-29-54-30)32-11-8-31(9-12-32)10-19-40(60)39-25-36(59)27-56(39)44(62)43(47(2,3)4)55-41(61)28-66-23-22-65-20-7-21-67-37-17-15-34(16-18-37)58-46(64)57(45(63)48(58,5)6)35-14-13-33(26-53)38(24-35)49(50,51)52/h8-9,11-18,24,29,36,39,43,59H,7,10,19-23,25,27-28H2,1-6H3,(H,55,61)/t36-,39+,43-/m1/s1. The fourth-order valence-corrected chi connectivity index (χ4v) is 8.91. The van der Waals surface area contributed by atoms with Crippen molar-refractivity contribution in [1.29, 1.82) is 5.26 Å². The number of anilines is 2. The van der Waals surface area contributed by atoms with Gasteiger partial charge in [0, 0.05) is 38.1 Å². The van der Waals surface area contributed by atoms with Crippen molar-refractivity contribution in [3.63, 3.8) is 0 Å². The second kappa shape index (κ2) is 21.4. The molecular weight excluding hydrogens is 906 g/mol. The average Bonchev–Trinajstić information content (AvgIpc) is 3.95. The highest BCUT2D eigenvalue weighted by Gasteiger charge is 2.53. The Labute approximate surface area is 396 Å². The number of hydrogen-bond acceptors (Lipinski definition) is 12. The summed E-state index contributed by atoms with van der Waals surface area (Å²) >= 11 is 1.57. The van der Waals surface area contributed by atoms with Gasteiger partial charge in [0.2, 0.25) is 11.8 Å². The van der Waals surface area contributed by atoms with Crippen molar-refractivity contribution in [3.05, 3.63) is 94.6 Å². The zero-order chi connectivity index (χ0) is 49.6. The number of likely N-dealkylation sites (tertiary alicyclic amines) is 1. The van der Waals surface area contributed by atoms with E-state index >= 15 is 0 Å². The molecule has 2 fully saturated rings. The molecule has 0 unspecified atom stereocenters. The maximum atomic E-state index is 14.0. The SMILES string of the molecule is Cc1ncsc1-c1ccc(CCC(=O)[C@@H]2C[C@@H](O)CN2C(=O)[C@@H](NC(=O)COCCOCCCOc2ccc(N3C(=O)N(c4ccc(C#N)c(C(F)(F)F)c4)C(=O)C3(C)C)cc2)C(C)(C)C)cc1. The summed E-state index contributed by atoms with van der Waals surface area (Å²) in [6.45, 7) is 10.8. The minimum Gasteiger partial charge on any atom is -0.494 e. The molecule has 6 rings (SSSR count). The number of ether oxygens (including phenoxy) is 3. The number of alkyl halides is 3. The lowest BCUT2D eigenvalue weighted by Crippen LogP contribution is -2.57. The van der Waals surface area contributed by atoms with Crippen LogP contribution in [0.25, 0.3) is 10.4 Å². The van der Waals surface area contributed by atoms with Gasteiger partial charge in [-0.3, -0.25) is 24.1 Å². The fraction of sp³-hybridized carbons (Fsp3) is 0.449. The van der Waals surface area contributed by atoms with E-state index in [2.05, 4.69) is 10.3 Å². The quantitative estimate of drug-likeness (QED) is 0.0711. The highest BCUT2D eigenvalue weighted by Crippen LogP contribution is 2.40. The molecule has 19 heteroatoms. The number of aliphatic hydroxyl groups excluding tert-OH is 1. The van der Waals surface area contributed by atoms with Gasteiger partial charge in [0.05, 0.1) is 70.9 Å². The van der Waals surface area contributed by atoms with Gasteiger partial charge < -0.3 is 29.5 Å². The van der Waals surface area contributed by atoms with E-state index in [9.17, 15) is 42.3 Å². The summed E-state index contributed by atoms with van der Waals surface area (Å²) in [6, 6.07) is 15.8. The van der Waals surface area contributed by atoms with E-state index in [4.69, 9.17) is 19.5 Å². The number of carbonyl (C=O) groups excluding carboxylic acids is 5. The van der Waals surface area contributed by atoms with Crippen molar-refractivity contribution in [2.75, 3.05) is 49.4 Å². The molecule has 2 saturated heterocycles. The second-order valence-electron chi connectivity index (χ2n) is 18.2. The van der Waals surface area contributed by atoms with Crippen LogP contribution in [-0.4, -0.2) is 108 Å². The minimum absolute atomic E-state index is 0.0158. The number of aliphatic hydroxyl groups is 1. The molecule has 2 aliphatic heterocycles. The summed E-state index contributed by atoms with van der Waals surface area (Å²) in [7, 11) is 0. The summed E-state index contributed by atoms with van der Waals surface area (Å²) in [4.78, 5) is 76.1. The molecule has 5 amide bonds. The van der Waals surface area contributed by atoms with E-state index < -0.39 is 70.2 Å². The Hall–Kier alpha value is -6.20. The van der Waals surface area contributed by atoms with E-state index in [-0.39, 0.29) is 57.3 Å². The molecule has 0 radical (unpaired) electrons. The molecule has 1 aromatic heterocycles. The summed E-state index contributed by atoms with van der Waals surface area (Å²) < 4.78 is 57.9. The molecule has 68 heavy (non-hydrogen) atoms. The molecule has 0 bridgehead atoms. The van der Waals surface area contributed by atoms with E-state index in [1.165, 1.54) is 29.7 Å². The van der Waals surface area contributed by atoms with E-state index in [0.29, 0.717) is 41.9 Å². The van der Waals surface area contributed by atoms with E-state index in [0.717, 1.165) is 33.8 Å². The fourth-order valence-electron chi connectivity index (χ4n) is 8.10. The third kappa shape index (κ3) is 11.9. The number of carbonyl (C=O) groups is 5. The Balaban J connectivity index is 0.902. The maximum Gasteiger partial charge on any atom is 0.417 e. The molecule has 3 aromatic carbocycles. The Morgan fingerprint density at radius 2 is 1.65 bits per heavy atom. The van der Waals surface area contributed by atoms with Crippen LogP contribution >= 0.6 is 11.3 Å². The topological polar surface area (TPSA) is 192 Å². The van der Waals surface area contributed by atoms with Crippen molar-refractivity contribution in [2.45, 2.75) is 97.1 Å². The molecule has 3 atom stereocenters. The first-order valence-electron chi connectivity index (χ1n) is 22.1. The number of hydrogen-bond donors (Lipinski definition) is 2. The predicted molar refractivity (Wildman–Crippen MR) is 247 cm³/mol. The Kier molecular flexibility index (Phi) is 16.1. The molecule has 4 aromatic rings. The normalized spacial score (nSPS) is 17.6. The van der Waals surface area contributed by atoms with Crippen LogP contribution in [0.3, 0.4) is 0 Å². The third-order valence-corrected chi connectivity index (χ3v) is 12.7. The number of urea groups is 1. The monoisotopic (exact) mass is 960 g/mol. The number of benzene rings is 3. The van der Waals surface area contributed by atoms with Gasteiger partial charge in [0.25, 0.3) is 5.91 Å². The summed E-state index contributed by atoms with van der Waals surface area (Å²) in [5.74, 6) is -1.42. The Morgan fingerprint density at radius 1 is 0.971 bits per heavy atom. The molecule has 15 nitrogen and oxygen atoms in total. The Morgan fingerprint density at radius 3 is 2.28 bits per heavy atom. The number of imide groups is 1. The van der Waals surface area contributed by atoms with Crippen LogP contribution in [0, 0.1) is 23.7 Å². The predicted octanol–water partition coefficient (Wildman–Crippen LogP) is 7.26. The number of aryl methyl sites for hydroxylation is 2. The van der Waals surface area contributed by atoms with Crippen LogP contribution in [0.4, 0.5) is 29.3 Å². The molecule has 3 heterocycles. The first-order chi connectivity index (χ1) is 32.1. The molecule has 0 saturated carbocycles. The van der Waals surface area contributed by atoms with E-state index in [1.807, 2.05) is 31.2 Å².